The van der Waals surface area contributed by atoms with Crippen LogP contribution in [0.4, 0.5) is 0 Å². The van der Waals surface area contributed by atoms with Crippen molar-refractivity contribution in [1.29, 1.82) is 0 Å². The molecule has 0 heterocycles. The zero-order valence-electron chi connectivity index (χ0n) is 8.65. The maximum atomic E-state index is 5.89. The quantitative estimate of drug-likeness (QED) is 0.777. The third kappa shape index (κ3) is 2.58. The van der Waals surface area contributed by atoms with Crippen molar-refractivity contribution in [2.45, 2.75) is 38.1 Å². The van der Waals surface area contributed by atoms with Crippen molar-refractivity contribution in [3.63, 3.8) is 0 Å². The average molecular weight is 189 g/mol. The molecule has 1 saturated carbocycles. The molecule has 1 aliphatic rings. The SMILES string of the molecule is NC1CCC(CCc2ccccc2)C1. The Bertz CT molecular complexity index is 268. The molecule has 2 atom stereocenters. The fourth-order valence-electron chi connectivity index (χ4n) is 2.39. The fourth-order valence-corrected chi connectivity index (χ4v) is 2.39. The van der Waals surface area contributed by atoms with Gasteiger partial charge in [-0.1, -0.05) is 30.3 Å². The highest BCUT2D eigenvalue weighted by molar-refractivity contribution is 5.14. The molecule has 0 radical (unpaired) electrons. The van der Waals surface area contributed by atoms with Crippen LogP contribution in [0.5, 0.6) is 0 Å². The number of nitrogens with two attached hydrogens (primary N) is 1. The lowest BCUT2D eigenvalue weighted by Crippen LogP contribution is -2.14. The van der Waals surface area contributed by atoms with Crippen molar-refractivity contribution in [2.24, 2.45) is 11.7 Å². The second kappa shape index (κ2) is 4.61. The van der Waals surface area contributed by atoms with Crippen LogP contribution in [0.2, 0.25) is 0 Å². The lowest BCUT2D eigenvalue weighted by molar-refractivity contribution is 0.495. The summed E-state index contributed by atoms with van der Waals surface area (Å²) in [7, 11) is 0. The summed E-state index contributed by atoms with van der Waals surface area (Å²) >= 11 is 0. The number of hydrogen-bond donors (Lipinski definition) is 1. The highest BCUT2D eigenvalue weighted by atomic mass is 14.6. The van der Waals surface area contributed by atoms with Crippen LogP contribution >= 0.6 is 0 Å². The van der Waals surface area contributed by atoms with E-state index in [1.165, 1.54) is 37.7 Å². The van der Waals surface area contributed by atoms with Crippen molar-refractivity contribution in [2.75, 3.05) is 0 Å². The average Bonchev–Trinajstić information content (AvgIpc) is 2.63. The van der Waals surface area contributed by atoms with Crippen molar-refractivity contribution >= 4 is 0 Å². The van der Waals surface area contributed by atoms with Gasteiger partial charge >= 0.3 is 0 Å². The molecule has 0 aliphatic heterocycles. The lowest BCUT2D eigenvalue weighted by Gasteiger charge is -2.08. The molecule has 14 heavy (non-hydrogen) atoms. The Labute approximate surface area is 86.3 Å². The second-order valence-electron chi connectivity index (χ2n) is 4.46. The van der Waals surface area contributed by atoms with E-state index < -0.39 is 0 Å². The van der Waals surface area contributed by atoms with E-state index in [9.17, 15) is 0 Å². The van der Waals surface area contributed by atoms with Gasteiger partial charge in [0.1, 0.15) is 0 Å². The van der Waals surface area contributed by atoms with Crippen molar-refractivity contribution in [3.8, 4) is 0 Å². The molecular weight excluding hydrogens is 170 g/mol. The van der Waals surface area contributed by atoms with Gasteiger partial charge < -0.3 is 5.73 Å². The Kier molecular flexibility index (Phi) is 3.20. The zero-order valence-corrected chi connectivity index (χ0v) is 8.65. The Balaban J connectivity index is 1.78. The van der Waals surface area contributed by atoms with E-state index in [0.717, 1.165) is 5.92 Å². The smallest absolute Gasteiger partial charge is 0.00415 e. The van der Waals surface area contributed by atoms with E-state index in [-0.39, 0.29) is 0 Å². The molecule has 1 fully saturated rings. The molecular formula is C13H19N. The monoisotopic (exact) mass is 189 g/mol. The molecule has 1 aromatic carbocycles. The first-order valence-corrected chi connectivity index (χ1v) is 5.64. The van der Waals surface area contributed by atoms with Gasteiger partial charge in [-0.2, -0.15) is 0 Å². The predicted octanol–water partition coefficient (Wildman–Crippen LogP) is 2.75. The maximum Gasteiger partial charge on any atom is 0.00415 e. The minimum absolute atomic E-state index is 0.482. The van der Waals surface area contributed by atoms with E-state index in [0.29, 0.717) is 6.04 Å². The van der Waals surface area contributed by atoms with Crippen LogP contribution in [0.3, 0.4) is 0 Å². The molecule has 2 N–H and O–H groups in total. The summed E-state index contributed by atoms with van der Waals surface area (Å²) in [6, 6.07) is 11.2. The van der Waals surface area contributed by atoms with E-state index in [4.69, 9.17) is 5.73 Å². The van der Waals surface area contributed by atoms with Gasteiger partial charge in [-0.25, -0.2) is 0 Å². The summed E-state index contributed by atoms with van der Waals surface area (Å²) in [6.07, 6.45) is 6.36. The van der Waals surface area contributed by atoms with Crippen molar-refractivity contribution in [3.05, 3.63) is 35.9 Å². The number of aryl methyl sites for hydroxylation is 1. The van der Waals surface area contributed by atoms with E-state index in [1.54, 1.807) is 0 Å². The molecule has 0 bridgehead atoms. The summed E-state index contributed by atoms with van der Waals surface area (Å²) in [6.45, 7) is 0. The number of hydrogen-bond acceptors (Lipinski definition) is 1. The molecule has 1 aliphatic carbocycles. The van der Waals surface area contributed by atoms with Gasteiger partial charge in [0.15, 0.2) is 0 Å². The van der Waals surface area contributed by atoms with E-state index >= 15 is 0 Å². The van der Waals surface area contributed by atoms with Crippen LogP contribution in [-0.2, 0) is 6.42 Å². The Hall–Kier alpha value is -0.820. The summed E-state index contributed by atoms with van der Waals surface area (Å²) in [5.74, 6) is 0.880. The van der Waals surface area contributed by atoms with Crippen LogP contribution in [0, 0.1) is 5.92 Å². The first kappa shape index (κ1) is 9.72. The molecule has 0 spiro atoms. The Morgan fingerprint density at radius 1 is 1.14 bits per heavy atom. The minimum Gasteiger partial charge on any atom is -0.328 e. The normalized spacial score (nSPS) is 26.6. The third-order valence-electron chi connectivity index (χ3n) is 3.27. The molecule has 1 aromatic rings. The van der Waals surface area contributed by atoms with Crippen LogP contribution in [0.25, 0.3) is 0 Å². The van der Waals surface area contributed by atoms with E-state index in [2.05, 4.69) is 30.3 Å². The van der Waals surface area contributed by atoms with Crippen molar-refractivity contribution < 1.29 is 0 Å². The van der Waals surface area contributed by atoms with Crippen LogP contribution in [0.15, 0.2) is 30.3 Å². The molecule has 76 valence electrons. The van der Waals surface area contributed by atoms with E-state index in [1.807, 2.05) is 0 Å². The van der Waals surface area contributed by atoms with Gasteiger partial charge in [-0.05, 0) is 43.6 Å². The van der Waals surface area contributed by atoms with Crippen LogP contribution in [-0.4, -0.2) is 6.04 Å². The number of rotatable bonds is 3. The molecule has 0 saturated heterocycles. The molecule has 2 unspecified atom stereocenters. The lowest BCUT2D eigenvalue weighted by atomic mass is 9.98. The second-order valence-corrected chi connectivity index (χ2v) is 4.46. The molecule has 1 nitrogen and oxygen atoms in total. The standard InChI is InChI=1S/C13H19N/c14-13-9-8-12(10-13)7-6-11-4-2-1-3-5-11/h1-5,12-13H,6-10,14H2. The zero-order chi connectivity index (χ0) is 9.80. The van der Waals surface area contributed by atoms with Crippen LogP contribution < -0.4 is 5.73 Å². The van der Waals surface area contributed by atoms with Gasteiger partial charge in [-0.15, -0.1) is 0 Å². The first-order chi connectivity index (χ1) is 6.84. The van der Waals surface area contributed by atoms with Crippen molar-refractivity contribution in [1.82, 2.24) is 0 Å². The first-order valence-electron chi connectivity index (χ1n) is 5.64. The fraction of sp³-hybridized carbons (Fsp3) is 0.538. The molecule has 0 amide bonds. The highest BCUT2D eigenvalue weighted by Gasteiger charge is 2.20. The van der Waals surface area contributed by atoms with Gasteiger partial charge in [-0.3, -0.25) is 0 Å². The summed E-state index contributed by atoms with van der Waals surface area (Å²) in [5, 5.41) is 0. The Morgan fingerprint density at radius 3 is 2.57 bits per heavy atom. The topological polar surface area (TPSA) is 26.0 Å². The Morgan fingerprint density at radius 2 is 1.93 bits per heavy atom. The molecule has 0 aromatic heterocycles. The highest BCUT2D eigenvalue weighted by Crippen LogP contribution is 2.27. The predicted molar refractivity (Wildman–Crippen MR) is 60.1 cm³/mol. The van der Waals surface area contributed by atoms with Gasteiger partial charge in [0.25, 0.3) is 0 Å². The summed E-state index contributed by atoms with van der Waals surface area (Å²) in [4.78, 5) is 0. The maximum absolute atomic E-state index is 5.89. The summed E-state index contributed by atoms with van der Waals surface area (Å²) < 4.78 is 0. The molecule has 2 rings (SSSR count). The van der Waals surface area contributed by atoms with Crippen LogP contribution in [0.1, 0.15) is 31.2 Å². The third-order valence-corrected chi connectivity index (χ3v) is 3.27. The largest absolute Gasteiger partial charge is 0.328 e. The number of benzene rings is 1. The van der Waals surface area contributed by atoms with Gasteiger partial charge in [0.2, 0.25) is 0 Å². The van der Waals surface area contributed by atoms with Gasteiger partial charge in [0.05, 0.1) is 0 Å². The van der Waals surface area contributed by atoms with Gasteiger partial charge in [0, 0.05) is 6.04 Å². The minimum atomic E-state index is 0.482. The molecule has 1 heteroatoms. The summed E-state index contributed by atoms with van der Waals surface area (Å²) in [5.41, 5.74) is 7.36.